The normalized spacial score (nSPS) is 14.3. The molecule has 5 heteroatoms. The molecule has 1 saturated carbocycles. The summed E-state index contributed by atoms with van der Waals surface area (Å²) in [6, 6.07) is 7.44. The van der Waals surface area contributed by atoms with Gasteiger partial charge < -0.3 is 4.74 Å². The van der Waals surface area contributed by atoms with Gasteiger partial charge in [-0.2, -0.15) is 5.10 Å². The minimum atomic E-state index is -0.297. The van der Waals surface area contributed by atoms with E-state index in [1.54, 1.807) is 13.1 Å². The molecule has 0 N–H and O–H groups in total. The van der Waals surface area contributed by atoms with Crippen molar-refractivity contribution in [3.8, 4) is 5.69 Å². The number of carbonyl (C=O) groups excluding carboxylic acids is 1. The SMILES string of the molecule is CCOC(=O)c1cnn(-c2ccc(Cl)cc2)c1C1CC1. The van der Waals surface area contributed by atoms with Crippen molar-refractivity contribution in [3.05, 3.63) is 46.7 Å². The Labute approximate surface area is 122 Å². The number of hydrogen-bond acceptors (Lipinski definition) is 3. The molecular weight excluding hydrogens is 276 g/mol. The summed E-state index contributed by atoms with van der Waals surface area (Å²) in [6.45, 7) is 2.17. The van der Waals surface area contributed by atoms with Crippen molar-refractivity contribution in [2.75, 3.05) is 6.61 Å². The maximum atomic E-state index is 12.0. The highest BCUT2D eigenvalue weighted by atomic mass is 35.5. The van der Waals surface area contributed by atoms with Crippen molar-refractivity contribution in [3.63, 3.8) is 0 Å². The Hall–Kier alpha value is -1.81. The first-order valence-corrected chi connectivity index (χ1v) is 7.09. The summed E-state index contributed by atoms with van der Waals surface area (Å²) in [7, 11) is 0. The largest absolute Gasteiger partial charge is 0.462 e. The number of benzene rings is 1. The lowest BCUT2D eigenvalue weighted by atomic mass is 10.1. The predicted octanol–water partition coefficient (Wildman–Crippen LogP) is 3.58. The quantitative estimate of drug-likeness (QED) is 0.809. The molecule has 0 radical (unpaired) electrons. The van der Waals surface area contributed by atoms with Crippen LogP contribution in [0.4, 0.5) is 0 Å². The number of nitrogens with zero attached hydrogens (tertiary/aromatic N) is 2. The summed E-state index contributed by atoms with van der Waals surface area (Å²) in [5.41, 5.74) is 2.43. The van der Waals surface area contributed by atoms with Gasteiger partial charge in [-0.15, -0.1) is 0 Å². The topological polar surface area (TPSA) is 44.1 Å². The second-order valence-electron chi connectivity index (χ2n) is 4.83. The number of carbonyl (C=O) groups is 1. The van der Waals surface area contributed by atoms with E-state index < -0.39 is 0 Å². The number of esters is 1. The highest BCUT2D eigenvalue weighted by Gasteiger charge is 2.33. The molecule has 1 aromatic heterocycles. The van der Waals surface area contributed by atoms with Crippen LogP contribution in [0.3, 0.4) is 0 Å². The van der Waals surface area contributed by atoms with E-state index in [0.29, 0.717) is 23.1 Å². The van der Waals surface area contributed by atoms with E-state index in [4.69, 9.17) is 16.3 Å². The molecule has 0 saturated heterocycles. The average molecular weight is 291 g/mol. The predicted molar refractivity (Wildman–Crippen MR) is 76.5 cm³/mol. The zero-order valence-corrected chi connectivity index (χ0v) is 11.9. The Morgan fingerprint density at radius 1 is 1.40 bits per heavy atom. The van der Waals surface area contributed by atoms with Crippen molar-refractivity contribution >= 4 is 17.6 Å². The molecule has 0 aliphatic heterocycles. The van der Waals surface area contributed by atoms with Gasteiger partial charge in [0.2, 0.25) is 0 Å². The zero-order chi connectivity index (χ0) is 14.1. The summed E-state index contributed by atoms with van der Waals surface area (Å²) >= 11 is 5.91. The van der Waals surface area contributed by atoms with Crippen LogP contribution in [-0.4, -0.2) is 22.4 Å². The van der Waals surface area contributed by atoms with Crippen LogP contribution in [0, 0.1) is 0 Å². The molecule has 2 aromatic rings. The first kappa shape index (κ1) is 13.2. The Balaban J connectivity index is 2.03. The molecule has 1 aliphatic carbocycles. The number of aromatic nitrogens is 2. The summed E-state index contributed by atoms with van der Waals surface area (Å²) in [5, 5.41) is 5.03. The van der Waals surface area contributed by atoms with Gasteiger partial charge in [-0.3, -0.25) is 0 Å². The Kier molecular flexibility index (Phi) is 3.49. The molecule has 0 amide bonds. The smallest absolute Gasteiger partial charge is 0.341 e. The van der Waals surface area contributed by atoms with Crippen LogP contribution < -0.4 is 0 Å². The van der Waals surface area contributed by atoms with Crippen LogP contribution in [0.5, 0.6) is 0 Å². The zero-order valence-electron chi connectivity index (χ0n) is 11.2. The third kappa shape index (κ3) is 2.43. The van der Waals surface area contributed by atoms with Gasteiger partial charge in [0.1, 0.15) is 5.56 Å². The van der Waals surface area contributed by atoms with Gasteiger partial charge in [-0.05, 0) is 44.0 Å². The van der Waals surface area contributed by atoms with Gasteiger partial charge in [-0.25, -0.2) is 9.48 Å². The van der Waals surface area contributed by atoms with Crippen LogP contribution in [0.25, 0.3) is 5.69 Å². The van der Waals surface area contributed by atoms with Gasteiger partial charge in [0, 0.05) is 10.9 Å². The first-order valence-electron chi connectivity index (χ1n) is 6.71. The Morgan fingerprint density at radius 3 is 2.70 bits per heavy atom. The number of rotatable bonds is 4. The second kappa shape index (κ2) is 5.29. The van der Waals surface area contributed by atoms with Crippen LogP contribution in [0.15, 0.2) is 30.5 Å². The van der Waals surface area contributed by atoms with E-state index in [2.05, 4.69) is 5.10 Å². The standard InChI is InChI=1S/C15H15ClN2O2/c1-2-20-15(19)13-9-17-18(14(13)10-3-4-10)12-7-5-11(16)6-8-12/h5-10H,2-4H2,1H3. The van der Waals surface area contributed by atoms with Gasteiger partial charge in [0.15, 0.2) is 0 Å². The summed E-state index contributed by atoms with van der Waals surface area (Å²) in [4.78, 5) is 12.0. The van der Waals surface area contributed by atoms with E-state index in [0.717, 1.165) is 24.2 Å². The van der Waals surface area contributed by atoms with Crippen molar-refractivity contribution in [1.82, 2.24) is 9.78 Å². The highest BCUT2D eigenvalue weighted by Crippen LogP contribution is 2.42. The molecule has 1 fully saturated rings. The van der Waals surface area contributed by atoms with E-state index >= 15 is 0 Å². The fourth-order valence-electron chi connectivity index (χ4n) is 2.26. The van der Waals surface area contributed by atoms with Crippen LogP contribution in [0.1, 0.15) is 41.7 Å². The van der Waals surface area contributed by atoms with Crippen molar-refractivity contribution in [1.29, 1.82) is 0 Å². The fourth-order valence-corrected chi connectivity index (χ4v) is 2.39. The van der Waals surface area contributed by atoms with Crippen molar-refractivity contribution in [2.45, 2.75) is 25.7 Å². The van der Waals surface area contributed by atoms with Crippen molar-refractivity contribution in [2.24, 2.45) is 0 Å². The summed E-state index contributed by atoms with van der Waals surface area (Å²) in [6.07, 6.45) is 3.78. The lowest BCUT2D eigenvalue weighted by molar-refractivity contribution is 0.0525. The fraction of sp³-hybridized carbons (Fsp3) is 0.333. The van der Waals surface area contributed by atoms with Crippen LogP contribution in [-0.2, 0) is 4.74 Å². The Bertz CT molecular complexity index is 630. The highest BCUT2D eigenvalue weighted by molar-refractivity contribution is 6.30. The molecule has 104 valence electrons. The van der Waals surface area contributed by atoms with Gasteiger partial charge >= 0.3 is 5.97 Å². The third-order valence-electron chi connectivity index (χ3n) is 3.34. The number of hydrogen-bond donors (Lipinski definition) is 0. The lowest BCUT2D eigenvalue weighted by Crippen LogP contribution is -2.09. The van der Waals surface area contributed by atoms with Crippen LogP contribution >= 0.6 is 11.6 Å². The summed E-state index contributed by atoms with van der Waals surface area (Å²) < 4.78 is 6.92. The van der Waals surface area contributed by atoms with Crippen LogP contribution in [0.2, 0.25) is 5.02 Å². The molecule has 3 rings (SSSR count). The average Bonchev–Trinajstić information content (AvgIpc) is 3.19. The van der Waals surface area contributed by atoms with E-state index in [1.807, 2.05) is 28.9 Å². The minimum Gasteiger partial charge on any atom is -0.462 e. The lowest BCUT2D eigenvalue weighted by Gasteiger charge is -2.08. The maximum Gasteiger partial charge on any atom is 0.341 e. The molecule has 4 nitrogen and oxygen atoms in total. The Morgan fingerprint density at radius 2 is 2.10 bits per heavy atom. The molecule has 1 heterocycles. The molecule has 0 spiro atoms. The minimum absolute atomic E-state index is 0.297. The number of ether oxygens (including phenoxy) is 1. The molecule has 20 heavy (non-hydrogen) atoms. The van der Waals surface area contributed by atoms with E-state index in [-0.39, 0.29) is 5.97 Å². The molecular formula is C15H15ClN2O2. The molecule has 0 unspecified atom stereocenters. The molecule has 1 aromatic carbocycles. The van der Waals surface area contributed by atoms with Crippen molar-refractivity contribution < 1.29 is 9.53 Å². The first-order chi connectivity index (χ1) is 9.70. The molecule has 1 aliphatic rings. The molecule has 0 atom stereocenters. The van der Waals surface area contributed by atoms with E-state index in [9.17, 15) is 4.79 Å². The third-order valence-corrected chi connectivity index (χ3v) is 3.59. The maximum absolute atomic E-state index is 12.0. The number of halogens is 1. The monoisotopic (exact) mass is 290 g/mol. The van der Waals surface area contributed by atoms with E-state index in [1.165, 1.54) is 0 Å². The van der Waals surface area contributed by atoms with Gasteiger partial charge in [0.05, 0.1) is 24.2 Å². The molecule has 0 bridgehead atoms. The summed E-state index contributed by atoms with van der Waals surface area (Å²) in [5.74, 6) is 0.0993. The van der Waals surface area contributed by atoms with Gasteiger partial charge in [-0.1, -0.05) is 11.6 Å². The van der Waals surface area contributed by atoms with Gasteiger partial charge in [0.25, 0.3) is 0 Å². The second-order valence-corrected chi connectivity index (χ2v) is 5.26.